The predicted octanol–water partition coefficient (Wildman–Crippen LogP) is 3.17. The Morgan fingerprint density at radius 2 is 2.00 bits per heavy atom. The van der Waals surface area contributed by atoms with E-state index in [4.69, 9.17) is 0 Å². The molecule has 0 aliphatic heterocycles. The van der Waals surface area contributed by atoms with E-state index in [9.17, 15) is 4.79 Å². The first-order chi connectivity index (χ1) is 8.08. The highest BCUT2D eigenvalue weighted by Crippen LogP contribution is 2.18. The van der Waals surface area contributed by atoms with Crippen LogP contribution in [0.4, 0.5) is 0 Å². The number of aryl methyl sites for hydroxylation is 1. The first-order valence-electron chi connectivity index (χ1n) is 5.68. The van der Waals surface area contributed by atoms with Crippen LogP contribution in [0.15, 0.2) is 41.3 Å². The van der Waals surface area contributed by atoms with Crippen molar-refractivity contribution in [2.45, 2.75) is 25.2 Å². The van der Waals surface area contributed by atoms with Gasteiger partial charge >= 0.3 is 0 Å². The molecule has 0 spiro atoms. The summed E-state index contributed by atoms with van der Waals surface area (Å²) >= 11 is 1.71. The van der Waals surface area contributed by atoms with E-state index >= 15 is 0 Å². The molecule has 0 radical (unpaired) electrons. The van der Waals surface area contributed by atoms with Crippen molar-refractivity contribution in [1.82, 2.24) is 5.32 Å². The maximum atomic E-state index is 11.4. The van der Waals surface area contributed by atoms with Crippen molar-refractivity contribution in [3.63, 3.8) is 0 Å². The van der Waals surface area contributed by atoms with Crippen LogP contribution in [0.3, 0.4) is 0 Å². The molecular weight excluding hydrogens is 230 g/mol. The molecule has 92 valence electrons. The Kier molecular flexibility index (Phi) is 5.84. The molecule has 0 aromatic heterocycles. The van der Waals surface area contributed by atoms with Crippen molar-refractivity contribution in [2.24, 2.45) is 0 Å². The Bertz CT molecular complexity index is 384. The highest BCUT2D eigenvalue weighted by atomic mass is 32.2. The molecule has 0 unspecified atom stereocenters. The fourth-order valence-electron chi connectivity index (χ4n) is 1.23. The Morgan fingerprint density at radius 3 is 2.59 bits per heavy atom. The van der Waals surface area contributed by atoms with Crippen molar-refractivity contribution < 1.29 is 4.79 Å². The molecule has 3 heteroatoms. The number of rotatable bonds is 6. The van der Waals surface area contributed by atoms with Crippen molar-refractivity contribution in [2.75, 3.05) is 12.3 Å². The van der Waals surface area contributed by atoms with Crippen LogP contribution in [0.5, 0.6) is 0 Å². The fourth-order valence-corrected chi connectivity index (χ4v) is 2.09. The second-order valence-electron chi connectivity index (χ2n) is 4.15. The lowest BCUT2D eigenvalue weighted by Crippen LogP contribution is -2.24. The standard InChI is InChI=1S/C14H19NOS/c1-11(2)10-15-14(16)8-9-17-13-6-4-12(3)5-7-13/h4-7H,1,8-10H2,2-3H3,(H,15,16). The van der Waals surface area contributed by atoms with E-state index in [2.05, 4.69) is 43.1 Å². The van der Waals surface area contributed by atoms with Gasteiger partial charge in [0.05, 0.1) is 0 Å². The molecule has 0 atom stereocenters. The maximum Gasteiger partial charge on any atom is 0.221 e. The third-order valence-electron chi connectivity index (χ3n) is 2.21. The Balaban J connectivity index is 2.21. The number of thioether (sulfide) groups is 1. The Morgan fingerprint density at radius 1 is 1.35 bits per heavy atom. The summed E-state index contributed by atoms with van der Waals surface area (Å²) in [7, 11) is 0. The third kappa shape index (κ3) is 6.17. The zero-order chi connectivity index (χ0) is 12.7. The van der Waals surface area contributed by atoms with Gasteiger partial charge in [-0.05, 0) is 26.0 Å². The van der Waals surface area contributed by atoms with Gasteiger partial charge in [-0.3, -0.25) is 4.79 Å². The normalized spacial score (nSPS) is 10.0. The average molecular weight is 249 g/mol. The second kappa shape index (κ2) is 7.17. The minimum atomic E-state index is 0.0904. The number of nitrogens with one attached hydrogen (secondary N) is 1. The second-order valence-corrected chi connectivity index (χ2v) is 5.31. The largest absolute Gasteiger partial charge is 0.352 e. The molecule has 0 saturated carbocycles. The number of carbonyl (C=O) groups is 1. The lowest BCUT2D eigenvalue weighted by molar-refractivity contribution is -0.120. The van der Waals surface area contributed by atoms with Gasteiger partial charge in [-0.15, -0.1) is 11.8 Å². The predicted molar refractivity (Wildman–Crippen MR) is 74.3 cm³/mol. The molecule has 0 bridgehead atoms. The van der Waals surface area contributed by atoms with Gasteiger partial charge in [-0.25, -0.2) is 0 Å². The van der Waals surface area contributed by atoms with E-state index in [1.807, 2.05) is 6.92 Å². The molecule has 1 rings (SSSR count). The van der Waals surface area contributed by atoms with E-state index in [-0.39, 0.29) is 5.91 Å². The van der Waals surface area contributed by atoms with Crippen LogP contribution in [0.2, 0.25) is 0 Å². The number of benzene rings is 1. The van der Waals surface area contributed by atoms with Gasteiger partial charge in [-0.2, -0.15) is 0 Å². The van der Waals surface area contributed by atoms with Gasteiger partial charge in [0.15, 0.2) is 0 Å². The zero-order valence-corrected chi connectivity index (χ0v) is 11.3. The van der Waals surface area contributed by atoms with Crippen LogP contribution in [0.25, 0.3) is 0 Å². The first-order valence-corrected chi connectivity index (χ1v) is 6.67. The molecule has 0 aliphatic carbocycles. The van der Waals surface area contributed by atoms with E-state index < -0.39 is 0 Å². The molecule has 0 fully saturated rings. The molecule has 1 amide bonds. The number of hydrogen-bond acceptors (Lipinski definition) is 2. The number of hydrogen-bond donors (Lipinski definition) is 1. The van der Waals surface area contributed by atoms with Crippen molar-refractivity contribution >= 4 is 17.7 Å². The van der Waals surface area contributed by atoms with Crippen LogP contribution in [-0.4, -0.2) is 18.2 Å². The molecule has 0 saturated heterocycles. The summed E-state index contributed by atoms with van der Waals surface area (Å²) in [5, 5.41) is 2.83. The van der Waals surface area contributed by atoms with Crippen LogP contribution >= 0.6 is 11.8 Å². The molecule has 1 N–H and O–H groups in total. The summed E-state index contributed by atoms with van der Waals surface area (Å²) < 4.78 is 0. The van der Waals surface area contributed by atoms with E-state index in [0.29, 0.717) is 13.0 Å². The third-order valence-corrected chi connectivity index (χ3v) is 3.22. The Hall–Kier alpha value is -1.22. The number of carbonyl (C=O) groups excluding carboxylic acids is 1. The lowest BCUT2D eigenvalue weighted by atomic mass is 10.2. The fraction of sp³-hybridized carbons (Fsp3) is 0.357. The summed E-state index contributed by atoms with van der Waals surface area (Å²) in [6.07, 6.45) is 0.547. The zero-order valence-electron chi connectivity index (χ0n) is 10.5. The SMILES string of the molecule is C=C(C)CNC(=O)CCSc1ccc(C)cc1. The summed E-state index contributed by atoms with van der Waals surface area (Å²) in [5.74, 6) is 0.901. The minimum absolute atomic E-state index is 0.0904. The lowest BCUT2D eigenvalue weighted by Gasteiger charge is -2.04. The van der Waals surface area contributed by atoms with Gasteiger partial charge in [-0.1, -0.05) is 29.8 Å². The minimum Gasteiger partial charge on any atom is -0.352 e. The molecule has 17 heavy (non-hydrogen) atoms. The van der Waals surface area contributed by atoms with Gasteiger partial charge < -0.3 is 5.32 Å². The smallest absolute Gasteiger partial charge is 0.221 e. The summed E-state index contributed by atoms with van der Waals surface area (Å²) in [6.45, 7) is 8.29. The maximum absolute atomic E-state index is 11.4. The van der Waals surface area contributed by atoms with Gasteiger partial charge in [0.1, 0.15) is 0 Å². The van der Waals surface area contributed by atoms with Gasteiger partial charge in [0, 0.05) is 23.6 Å². The van der Waals surface area contributed by atoms with Crippen LogP contribution in [0.1, 0.15) is 18.9 Å². The quantitative estimate of drug-likeness (QED) is 0.620. The summed E-state index contributed by atoms with van der Waals surface area (Å²) in [5.41, 5.74) is 2.23. The molecule has 1 aromatic rings. The van der Waals surface area contributed by atoms with Crippen LogP contribution in [-0.2, 0) is 4.79 Å². The van der Waals surface area contributed by atoms with Crippen LogP contribution in [0, 0.1) is 6.92 Å². The van der Waals surface area contributed by atoms with E-state index in [0.717, 1.165) is 11.3 Å². The van der Waals surface area contributed by atoms with Gasteiger partial charge in [0.2, 0.25) is 5.91 Å². The molecule has 1 aromatic carbocycles. The Labute approximate surface area is 107 Å². The molecular formula is C14H19NOS. The molecule has 2 nitrogen and oxygen atoms in total. The average Bonchev–Trinajstić information content (AvgIpc) is 2.29. The summed E-state index contributed by atoms with van der Waals surface area (Å²) in [4.78, 5) is 12.6. The van der Waals surface area contributed by atoms with Crippen molar-refractivity contribution in [3.8, 4) is 0 Å². The molecule has 0 aliphatic rings. The highest BCUT2D eigenvalue weighted by Gasteiger charge is 2.01. The monoisotopic (exact) mass is 249 g/mol. The topological polar surface area (TPSA) is 29.1 Å². The number of amides is 1. The van der Waals surface area contributed by atoms with E-state index in [1.54, 1.807) is 11.8 Å². The highest BCUT2D eigenvalue weighted by molar-refractivity contribution is 7.99. The first kappa shape index (κ1) is 13.8. The van der Waals surface area contributed by atoms with Crippen molar-refractivity contribution in [1.29, 1.82) is 0 Å². The molecule has 0 heterocycles. The van der Waals surface area contributed by atoms with Crippen molar-refractivity contribution in [3.05, 3.63) is 42.0 Å². The van der Waals surface area contributed by atoms with Crippen LogP contribution < -0.4 is 5.32 Å². The van der Waals surface area contributed by atoms with Gasteiger partial charge in [0.25, 0.3) is 0 Å². The van der Waals surface area contributed by atoms with E-state index in [1.165, 1.54) is 10.5 Å². The summed E-state index contributed by atoms with van der Waals surface area (Å²) in [6, 6.07) is 8.35.